The van der Waals surface area contributed by atoms with Crippen molar-refractivity contribution in [2.24, 2.45) is 0 Å². The Kier molecular flexibility index (Phi) is 6.80. The van der Waals surface area contributed by atoms with Gasteiger partial charge < -0.3 is 14.8 Å². The van der Waals surface area contributed by atoms with Crippen molar-refractivity contribution in [3.8, 4) is 5.75 Å². The maximum Gasteiger partial charge on any atom is 0.142 e. The van der Waals surface area contributed by atoms with Gasteiger partial charge in [0.1, 0.15) is 12.4 Å². The molecule has 114 valence electrons. The van der Waals surface area contributed by atoms with Crippen LogP contribution in [0.3, 0.4) is 0 Å². The summed E-state index contributed by atoms with van der Waals surface area (Å²) < 4.78 is 11.4. The second-order valence-corrected chi connectivity index (χ2v) is 6.48. The summed E-state index contributed by atoms with van der Waals surface area (Å²) in [6.07, 6.45) is 0. The summed E-state index contributed by atoms with van der Waals surface area (Å²) in [5.41, 5.74) is 0.924. The zero-order chi connectivity index (χ0) is 15.2. The summed E-state index contributed by atoms with van der Waals surface area (Å²) >= 11 is 6.22. The standard InChI is InChI=1S/C16H26ClNO2/c1-12(2)18-11-13-7-6-8-14(17)15(13)19-9-10-20-16(3,4)5/h6-8,12,18H,9-11H2,1-5H3. The molecule has 0 bridgehead atoms. The maximum atomic E-state index is 6.22. The number of halogens is 1. The SMILES string of the molecule is CC(C)NCc1cccc(Cl)c1OCCOC(C)(C)C. The first-order valence-corrected chi connectivity index (χ1v) is 7.45. The van der Waals surface area contributed by atoms with E-state index < -0.39 is 0 Å². The van der Waals surface area contributed by atoms with Crippen LogP contribution < -0.4 is 10.1 Å². The molecule has 0 radical (unpaired) electrons. The van der Waals surface area contributed by atoms with Crippen LogP contribution in [0.4, 0.5) is 0 Å². The van der Waals surface area contributed by atoms with Gasteiger partial charge in [0.2, 0.25) is 0 Å². The van der Waals surface area contributed by atoms with Gasteiger partial charge in [0.05, 0.1) is 17.2 Å². The van der Waals surface area contributed by atoms with Gasteiger partial charge in [0.25, 0.3) is 0 Å². The molecule has 1 rings (SSSR count). The lowest BCUT2D eigenvalue weighted by molar-refractivity contribution is -0.0163. The van der Waals surface area contributed by atoms with E-state index in [4.69, 9.17) is 21.1 Å². The molecule has 1 aromatic rings. The Morgan fingerprint density at radius 2 is 1.90 bits per heavy atom. The van der Waals surface area contributed by atoms with Gasteiger partial charge in [-0.05, 0) is 26.8 Å². The van der Waals surface area contributed by atoms with Gasteiger partial charge in [-0.25, -0.2) is 0 Å². The van der Waals surface area contributed by atoms with Gasteiger partial charge in [-0.3, -0.25) is 0 Å². The highest BCUT2D eigenvalue weighted by Gasteiger charge is 2.11. The van der Waals surface area contributed by atoms with Crippen LogP contribution in [0, 0.1) is 0 Å². The van der Waals surface area contributed by atoms with Gasteiger partial charge in [-0.1, -0.05) is 37.6 Å². The monoisotopic (exact) mass is 299 g/mol. The lowest BCUT2D eigenvalue weighted by atomic mass is 10.2. The Balaban J connectivity index is 2.58. The van der Waals surface area contributed by atoms with Crippen molar-refractivity contribution in [3.05, 3.63) is 28.8 Å². The third-order valence-corrected chi connectivity index (χ3v) is 2.91. The molecule has 0 fully saturated rings. The van der Waals surface area contributed by atoms with E-state index in [0.717, 1.165) is 17.9 Å². The Bertz CT molecular complexity index is 413. The largest absolute Gasteiger partial charge is 0.489 e. The maximum absolute atomic E-state index is 6.22. The smallest absolute Gasteiger partial charge is 0.142 e. The van der Waals surface area contributed by atoms with Crippen LogP contribution in [0.5, 0.6) is 5.75 Å². The van der Waals surface area contributed by atoms with Crippen LogP contribution in [-0.2, 0) is 11.3 Å². The third-order valence-electron chi connectivity index (χ3n) is 2.61. The molecule has 1 aromatic carbocycles. The quantitative estimate of drug-likeness (QED) is 0.771. The molecular formula is C16H26ClNO2. The van der Waals surface area contributed by atoms with Crippen LogP contribution >= 0.6 is 11.6 Å². The number of rotatable bonds is 7. The first kappa shape index (κ1) is 17.3. The molecule has 3 nitrogen and oxygen atoms in total. The fourth-order valence-corrected chi connectivity index (χ4v) is 1.91. The first-order chi connectivity index (χ1) is 9.29. The second-order valence-electron chi connectivity index (χ2n) is 6.07. The number of benzene rings is 1. The minimum Gasteiger partial charge on any atom is -0.489 e. The van der Waals surface area contributed by atoms with E-state index in [2.05, 4.69) is 19.2 Å². The van der Waals surface area contributed by atoms with E-state index in [-0.39, 0.29) is 5.60 Å². The molecular weight excluding hydrogens is 274 g/mol. The predicted octanol–water partition coefficient (Wildman–Crippen LogP) is 4.03. The molecule has 0 spiro atoms. The first-order valence-electron chi connectivity index (χ1n) is 7.07. The molecule has 0 aliphatic heterocycles. The highest BCUT2D eigenvalue weighted by molar-refractivity contribution is 6.32. The van der Waals surface area contributed by atoms with Crippen LogP contribution in [0.15, 0.2) is 18.2 Å². The Morgan fingerprint density at radius 3 is 2.50 bits per heavy atom. The Morgan fingerprint density at radius 1 is 1.20 bits per heavy atom. The summed E-state index contributed by atoms with van der Waals surface area (Å²) in [4.78, 5) is 0. The topological polar surface area (TPSA) is 30.5 Å². The number of para-hydroxylation sites is 1. The highest BCUT2D eigenvalue weighted by Crippen LogP contribution is 2.28. The third kappa shape index (κ3) is 6.60. The fraction of sp³-hybridized carbons (Fsp3) is 0.625. The minimum atomic E-state index is -0.147. The van der Waals surface area contributed by atoms with Crippen molar-refractivity contribution in [1.82, 2.24) is 5.32 Å². The lowest BCUT2D eigenvalue weighted by Gasteiger charge is -2.20. The molecule has 0 aromatic heterocycles. The number of ether oxygens (including phenoxy) is 2. The molecule has 0 heterocycles. The molecule has 0 saturated carbocycles. The number of hydrogen-bond donors (Lipinski definition) is 1. The molecule has 4 heteroatoms. The van der Waals surface area contributed by atoms with Crippen molar-refractivity contribution in [3.63, 3.8) is 0 Å². The van der Waals surface area contributed by atoms with E-state index in [1.165, 1.54) is 0 Å². The summed E-state index contributed by atoms with van der Waals surface area (Å²) in [6.45, 7) is 12.1. The van der Waals surface area contributed by atoms with Crippen molar-refractivity contribution in [2.75, 3.05) is 13.2 Å². The summed E-state index contributed by atoms with van der Waals surface area (Å²) in [5, 5.41) is 4.02. The Labute approximate surface area is 127 Å². The minimum absolute atomic E-state index is 0.147. The van der Waals surface area contributed by atoms with Gasteiger partial charge in [0, 0.05) is 18.2 Å². The van der Waals surface area contributed by atoms with Gasteiger partial charge in [0.15, 0.2) is 0 Å². The van der Waals surface area contributed by atoms with Gasteiger partial charge >= 0.3 is 0 Å². The molecule has 0 aliphatic rings. The zero-order valence-corrected chi connectivity index (χ0v) is 13.9. The van der Waals surface area contributed by atoms with Crippen LogP contribution in [0.1, 0.15) is 40.2 Å². The van der Waals surface area contributed by atoms with Crippen molar-refractivity contribution in [2.45, 2.75) is 52.8 Å². The summed E-state index contributed by atoms with van der Waals surface area (Å²) in [7, 11) is 0. The van der Waals surface area contributed by atoms with Gasteiger partial charge in [-0.2, -0.15) is 0 Å². The number of nitrogens with one attached hydrogen (secondary N) is 1. The van der Waals surface area contributed by atoms with Gasteiger partial charge in [-0.15, -0.1) is 0 Å². The van der Waals surface area contributed by atoms with E-state index in [1.807, 2.05) is 39.0 Å². The van der Waals surface area contributed by atoms with E-state index in [9.17, 15) is 0 Å². The number of hydrogen-bond acceptors (Lipinski definition) is 3. The summed E-state index contributed by atoms with van der Waals surface area (Å²) in [5.74, 6) is 0.750. The van der Waals surface area contributed by atoms with Crippen LogP contribution in [0.25, 0.3) is 0 Å². The van der Waals surface area contributed by atoms with Crippen molar-refractivity contribution < 1.29 is 9.47 Å². The zero-order valence-electron chi connectivity index (χ0n) is 13.1. The molecule has 0 saturated heterocycles. The van der Waals surface area contributed by atoms with E-state index in [0.29, 0.717) is 24.3 Å². The lowest BCUT2D eigenvalue weighted by Crippen LogP contribution is -2.24. The molecule has 0 aliphatic carbocycles. The van der Waals surface area contributed by atoms with Crippen LogP contribution in [-0.4, -0.2) is 24.9 Å². The normalized spacial score (nSPS) is 11.9. The second kappa shape index (κ2) is 7.87. The van der Waals surface area contributed by atoms with Crippen molar-refractivity contribution in [1.29, 1.82) is 0 Å². The average molecular weight is 300 g/mol. The predicted molar refractivity (Wildman–Crippen MR) is 84.6 cm³/mol. The van der Waals surface area contributed by atoms with E-state index in [1.54, 1.807) is 0 Å². The highest BCUT2D eigenvalue weighted by atomic mass is 35.5. The van der Waals surface area contributed by atoms with Crippen molar-refractivity contribution >= 4 is 11.6 Å². The molecule has 20 heavy (non-hydrogen) atoms. The Hall–Kier alpha value is -0.770. The molecule has 1 N–H and O–H groups in total. The molecule has 0 unspecified atom stereocenters. The molecule has 0 atom stereocenters. The summed E-state index contributed by atoms with van der Waals surface area (Å²) in [6, 6.07) is 6.24. The molecule has 0 amide bonds. The van der Waals surface area contributed by atoms with Crippen LogP contribution in [0.2, 0.25) is 5.02 Å². The fourth-order valence-electron chi connectivity index (χ4n) is 1.66. The average Bonchev–Trinajstić information content (AvgIpc) is 2.32. The van der Waals surface area contributed by atoms with E-state index >= 15 is 0 Å².